The third kappa shape index (κ3) is 1.33. The summed E-state index contributed by atoms with van der Waals surface area (Å²) in [6, 6.07) is 15.4. The second kappa shape index (κ2) is 3.59. The highest BCUT2D eigenvalue weighted by Crippen LogP contribution is 2.46. The molecule has 0 bridgehead atoms. The van der Waals surface area contributed by atoms with Crippen LogP contribution in [0.3, 0.4) is 0 Å². The Labute approximate surface area is 110 Å². The number of anilines is 1. The number of thiophene rings is 1. The maximum Gasteiger partial charge on any atom is 0.0612 e. The van der Waals surface area contributed by atoms with Gasteiger partial charge < -0.3 is 5.32 Å². The molecule has 3 aromatic rings. The van der Waals surface area contributed by atoms with E-state index >= 15 is 0 Å². The van der Waals surface area contributed by atoms with Crippen molar-refractivity contribution < 1.29 is 0 Å². The predicted octanol–water partition coefficient (Wildman–Crippen LogP) is 4.80. The molecule has 1 nitrogen and oxygen atoms in total. The van der Waals surface area contributed by atoms with Gasteiger partial charge in [-0.05, 0) is 24.1 Å². The van der Waals surface area contributed by atoms with Crippen LogP contribution < -0.4 is 5.32 Å². The molecule has 0 aliphatic carbocycles. The fourth-order valence-corrected chi connectivity index (χ4v) is 3.92. The summed E-state index contributed by atoms with van der Waals surface area (Å²) in [7, 11) is 0. The molecular weight excluding hydrogens is 238 g/mol. The summed E-state index contributed by atoms with van der Waals surface area (Å²) in [6.07, 6.45) is 0. The number of benzene rings is 2. The first-order valence-corrected chi connectivity index (χ1v) is 7.00. The van der Waals surface area contributed by atoms with Gasteiger partial charge in [-0.15, -0.1) is 11.3 Å². The Morgan fingerprint density at radius 2 is 2.00 bits per heavy atom. The first-order chi connectivity index (χ1) is 8.83. The molecule has 0 atom stereocenters. The summed E-state index contributed by atoms with van der Waals surface area (Å²) in [5.41, 5.74) is 5.46. The van der Waals surface area contributed by atoms with E-state index in [9.17, 15) is 0 Å². The number of hydrogen-bond acceptors (Lipinski definition) is 2. The first-order valence-electron chi connectivity index (χ1n) is 6.18. The average molecular weight is 251 g/mol. The van der Waals surface area contributed by atoms with Crippen LogP contribution in [0.1, 0.15) is 11.1 Å². The highest BCUT2D eigenvalue weighted by molar-refractivity contribution is 7.23. The van der Waals surface area contributed by atoms with Crippen molar-refractivity contribution in [2.45, 2.75) is 13.5 Å². The van der Waals surface area contributed by atoms with E-state index in [0.717, 1.165) is 6.54 Å². The zero-order valence-corrected chi connectivity index (χ0v) is 11.0. The number of aryl methyl sites for hydroxylation is 1. The molecule has 0 fully saturated rings. The summed E-state index contributed by atoms with van der Waals surface area (Å²) < 4.78 is 1.36. The third-order valence-electron chi connectivity index (χ3n) is 3.56. The van der Waals surface area contributed by atoms with Crippen molar-refractivity contribution in [2.24, 2.45) is 0 Å². The van der Waals surface area contributed by atoms with E-state index in [4.69, 9.17) is 0 Å². The van der Waals surface area contributed by atoms with Gasteiger partial charge in [-0.25, -0.2) is 0 Å². The van der Waals surface area contributed by atoms with E-state index in [0.29, 0.717) is 0 Å². The largest absolute Gasteiger partial charge is 0.379 e. The van der Waals surface area contributed by atoms with Crippen molar-refractivity contribution in [3.8, 4) is 10.4 Å². The maximum absolute atomic E-state index is 3.58. The lowest BCUT2D eigenvalue weighted by Gasteiger charge is -2.19. The van der Waals surface area contributed by atoms with E-state index in [1.807, 2.05) is 11.3 Å². The summed E-state index contributed by atoms with van der Waals surface area (Å²) in [5, 5.41) is 4.93. The fraction of sp³-hybridized carbons (Fsp3) is 0.125. The topological polar surface area (TPSA) is 12.0 Å². The first kappa shape index (κ1) is 10.2. The molecule has 18 heavy (non-hydrogen) atoms. The van der Waals surface area contributed by atoms with Crippen LogP contribution in [0.15, 0.2) is 42.5 Å². The van der Waals surface area contributed by atoms with Crippen LogP contribution in [0, 0.1) is 6.92 Å². The molecule has 1 N–H and O–H groups in total. The molecule has 0 saturated heterocycles. The van der Waals surface area contributed by atoms with E-state index in [2.05, 4.69) is 54.7 Å². The van der Waals surface area contributed by atoms with Gasteiger partial charge in [0.2, 0.25) is 0 Å². The molecule has 4 rings (SSSR count). The highest BCUT2D eigenvalue weighted by atomic mass is 32.1. The molecule has 0 amide bonds. The van der Waals surface area contributed by atoms with Crippen LogP contribution in [0.25, 0.3) is 20.5 Å². The van der Waals surface area contributed by atoms with E-state index < -0.39 is 0 Å². The summed E-state index contributed by atoms with van der Waals surface area (Å²) >= 11 is 1.89. The second-order valence-electron chi connectivity index (χ2n) is 4.82. The van der Waals surface area contributed by atoms with Crippen LogP contribution in [0.4, 0.5) is 5.69 Å². The average Bonchev–Trinajstić information content (AvgIpc) is 2.77. The molecule has 2 heterocycles. The molecule has 2 aromatic carbocycles. The lowest BCUT2D eigenvalue weighted by Crippen LogP contribution is -2.06. The zero-order valence-electron chi connectivity index (χ0n) is 10.2. The van der Waals surface area contributed by atoms with Crippen molar-refractivity contribution in [3.05, 3.63) is 53.6 Å². The van der Waals surface area contributed by atoms with Crippen LogP contribution in [-0.2, 0) is 6.54 Å². The molecule has 0 unspecified atom stereocenters. The third-order valence-corrected chi connectivity index (χ3v) is 4.76. The van der Waals surface area contributed by atoms with Gasteiger partial charge in [0.15, 0.2) is 0 Å². The normalized spacial score (nSPS) is 12.9. The minimum atomic E-state index is 0.935. The van der Waals surface area contributed by atoms with Gasteiger partial charge in [0.25, 0.3) is 0 Å². The van der Waals surface area contributed by atoms with Gasteiger partial charge in [-0.3, -0.25) is 0 Å². The molecular formula is C16H13NS. The molecule has 2 heteroatoms. The van der Waals surface area contributed by atoms with Crippen LogP contribution in [0.2, 0.25) is 0 Å². The van der Waals surface area contributed by atoms with Crippen LogP contribution in [0.5, 0.6) is 0 Å². The molecule has 0 spiro atoms. The van der Waals surface area contributed by atoms with Crippen molar-refractivity contribution in [3.63, 3.8) is 0 Å². The monoisotopic (exact) mass is 251 g/mol. The minimum Gasteiger partial charge on any atom is -0.379 e. The zero-order chi connectivity index (χ0) is 12.1. The smallest absolute Gasteiger partial charge is 0.0612 e. The summed E-state index contributed by atoms with van der Waals surface area (Å²) in [6.45, 7) is 3.09. The molecule has 1 aliphatic heterocycles. The van der Waals surface area contributed by atoms with Gasteiger partial charge in [-0.2, -0.15) is 0 Å². The molecule has 1 aromatic heterocycles. The van der Waals surface area contributed by atoms with Crippen molar-refractivity contribution in [1.82, 2.24) is 0 Å². The van der Waals surface area contributed by atoms with Gasteiger partial charge >= 0.3 is 0 Å². The maximum atomic E-state index is 3.58. The standard InChI is InChI=1S/C16H13NS/c1-10-6-7-12-11(8-10)9-17-15-13-4-2-3-5-14(13)18-16(12)15/h2-8,17H,9H2,1H3. The van der Waals surface area contributed by atoms with E-state index in [-0.39, 0.29) is 0 Å². The predicted molar refractivity (Wildman–Crippen MR) is 79.3 cm³/mol. The van der Waals surface area contributed by atoms with Gasteiger partial charge in [0.1, 0.15) is 0 Å². The van der Waals surface area contributed by atoms with E-state index in [1.165, 1.54) is 37.3 Å². The number of nitrogens with one attached hydrogen (secondary N) is 1. The van der Waals surface area contributed by atoms with Gasteiger partial charge in [0, 0.05) is 16.6 Å². The Hall–Kier alpha value is -1.80. The van der Waals surface area contributed by atoms with Gasteiger partial charge in [0.05, 0.1) is 10.6 Å². The number of fused-ring (bicyclic) bond motifs is 5. The van der Waals surface area contributed by atoms with Crippen molar-refractivity contribution >= 4 is 27.1 Å². The molecule has 1 aliphatic rings. The number of hydrogen-bond donors (Lipinski definition) is 1. The van der Waals surface area contributed by atoms with Crippen LogP contribution >= 0.6 is 11.3 Å². The van der Waals surface area contributed by atoms with Crippen LogP contribution in [-0.4, -0.2) is 0 Å². The lowest BCUT2D eigenvalue weighted by atomic mass is 9.98. The highest BCUT2D eigenvalue weighted by Gasteiger charge is 2.20. The number of rotatable bonds is 0. The fourth-order valence-electron chi connectivity index (χ4n) is 2.68. The summed E-state index contributed by atoms with van der Waals surface area (Å²) in [4.78, 5) is 1.39. The second-order valence-corrected chi connectivity index (χ2v) is 5.87. The molecule has 0 saturated carbocycles. The lowest BCUT2D eigenvalue weighted by molar-refractivity contribution is 1.13. The van der Waals surface area contributed by atoms with E-state index in [1.54, 1.807) is 0 Å². The SMILES string of the molecule is Cc1ccc2c(c1)CNc1c-2sc2ccccc12. The molecule has 88 valence electrons. The Bertz CT molecular complexity index is 755. The Kier molecular flexibility index (Phi) is 2.03. The molecule has 0 radical (unpaired) electrons. The minimum absolute atomic E-state index is 0.935. The van der Waals surface area contributed by atoms with Crippen molar-refractivity contribution in [1.29, 1.82) is 0 Å². The Morgan fingerprint density at radius 3 is 2.94 bits per heavy atom. The van der Waals surface area contributed by atoms with Crippen molar-refractivity contribution in [2.75, 3.05) is 5.32 Å². The Balaban J connectivity index is 2.06. The van der Waals surface area contributed by atoms with Gasteiger partial charge in [-0.1, -0.05) is 42.0 Å². The summed E-state index contributed by atoms with van der Waals surface area (Å²) in [5.74, 6) is 0. The quantitative estimate of drug-likeness (QED) is 0.605. The Morgan fingerprint density at radius 1 is 1.11 bits per heavy atom.